The Morgan fingerprint density at radius 2 is 1.42 bits per heavy atom. The van der Waals surface area contributed by atoms with E-state index >= 15 is 0 Å². The van der Waals surface area contributed by atoms with E-state index in [1.54, 1.807) is 0 Å². The summed E-state index contributed by atoms with van der Waals surface area (Å²) in [6, 6.07) is 0. The minimum atomic E-state index is -1.73. The molecule has 8 aliphatic rings. The largest absolute Gasteiger partial charge is 0.481 e. The molecule has 0 aromatic heterocycles. The van der Waals surface area contributed by atoms with Gasteiger partial charge in [0, 0.05) is 5.41 Å². The van der Waals surface area contributed by atoms with Crippen LogP contribution in [0.4, 0.5) is 0 Å². The normalized spacial score (nSPS) is 55.0. The fourth-order valence-corrected chi connectivity index (χ4v) is 14.6. The fourth-order valence-electron chi connectivity index (χ4n) is 14.6. The molecule has 0 spiro atoms. The van der Waals surface area contributed by atoms with Crippen molar-refractivity contribution in [3.8, 4) is 0 Å². The molecule has 5 aliphatic carbocycles. The van der Waals surface area contributed by atoms with Crippen molar-refractivity contribution in [1.82, 2.24) is 0 Å². The van der Waals surface area contributed by atoms with Gasteiger partial charge in [-0.3, -0.25) is 4.79 Å². The Morgan fingerprint density at radius 3 is 2.08 bits per heavy atom. The van der Waals surface area contributed by atoms with Crippen LogP contribution in [0.15, 0.2) is 11.6 Å². The van der Waals surface area contributed by atoms with Crippen molar-refractivity contribution in [3.05, 3.63) is 11.6 Å². The van der Waals surface area contributed by atoms with Gasteiger partial charge in [0.25, 0.3) is 0 Å². The van der Waals surface area contributed by atoms with E-state index in [-0.39, 0.29) is 52.6 Å². The molecule has 22 atom stereocenters. The number of carboxylic acid groups (broad SMARTS) is 1. The second kappa shape index (κ2) is 16.5. The van der Waals surface area contributed by atoms with Gasteiger partial charge in [-0.1, -0.05) is 53.2 Å². The highest BCUT2D eigenvalue weighted by Gasteiger charge is 2.70. The molecule has 4 saturated carbocycles. The van der Waals surface area contributed by atoms with Gasteiger partial charge >= 0.3 is 5.97 Å². The predicted octanol–water partition coefficient (Wildman–Crippen LogP) is 1.98. The average molecular weight is 883 g/mol. The van der Waals surface area contributed by atoms with Crippen LogP contribution in [-0.2, 0) is 33.2 Å². The first kappa shape index (κ1) is 47.2. The lowest BCUT2D eigenvalue weighted by Crippen LogP contribution is -2.67. The summed E-state index contributed by atoms with van der Waals surface area (Å²) in [5.41, 5.74) is -0.519. The van der Waals surface area contributed by atoms with E-state index in [0.29, 0.717) is 19.3 Å². The van der Waals surface area contributed by atoms with Crippen molar-refractivity contribution in [2.24, 2.45) is 50.2 Å². The third kappa shape index (κ3) is 7.10. The first-order chi connectivity index (χ1) is 29.0. The first-order valence-corrected chi connectivity index (χ1v) is 23.1. The number of ether oxygens (including phenoxy) is 6. The molecule has 0 radical (unpaired) electrons. The smallest absolute Gasteiger partial charge is 0.310 e. The predicted molar refractivity (Wildman–Crippen MR) is 219 cm³/mol. The summed E-state index contributed by atoms with van der Waals surface area (Å²) < 4.78 is 36.1. The zero-order valence-electron chi connectivity index (χ0n) is 37.5. The summed E-state index contributed by atoms with van der Waals surface area (Å²) >= 11 is 0. The van der Waals surface area contributed by atoms with Gasteiger partial charge in [-0.2, -0.15) is 0 Å². The van der Waals surface area contributed by atoms with Crippen molar-refractivity contribution in [1.29, 1.82) is 0 Å². The minimum absolute atomic E-state index is 0.00634. The summed E-state index contributed by atoms with van der Waals surface area (Å²) in [7, 11) is 0. The van der Waals surface area contributed by atoms with Crippen molar-refractivity contribution < 1.29 is 79.2 Å². The van der Waals surface area contributed by atoms with E-state index in [0.717, 1.165) is 44.9 Å². The molecular weight excluding hydrogens is 808 g/mol. The number of hydrogen-bond acceptors (Lipinski definition) is 15. The molecule has 0 aromatic carbocycles. The van der Waals surface area contributed by atoms with Crippen LogP contribution >= 0.6 is 0 Å². The highest BCUT2D eigenvalue weighted by molar-refractivity contribution is 5.76. The van der Waals surface area contributed by atoms with Crippen LogP contribution < -0.4 is 0 Å². The van der Waals surface area contributed by atoms with E-state index in [1.807, 2.05) is 0 Å². The summed E-state index contributed by atoms with van der Waals surface area (Å²) in [5, 5.41) is 97.1. The maximum Gasteiger partial charge on any atom is 0.310 e. The molecule has 3 heterocycles. The molecule has 0 amide bonds. The second-order valence-electron chi connectivity index (χ2n) is 22.4. The zero-order valence-corrected chi connectivity index (χ0v) is 37.5. The van der Waals surface area contributed by atoms with Crippen molar-refractivity contribution in [2.75, 3.05) is 19.8 Å². The maximum absolute atomic E-state index is 13.1. The number of hydrogen-bond donors (Lipinski definition) is 9. The Morgan fingerprint density at radius 1 is 0.742 bits per heavy atom. The molecule has 8 rings (SSSR count). The minimum Gasteiger partial charge on any atom is -0.481 e. The number of aliphatic hydroxyl groups excluding tert-OH is 8. The topological polar surface area (TPSA) is 255 Å². The average Bonchev–Trinajstić information content (AvgIpc) is 3.49. The van der Waals surface area contributed by atoms with Crippen molar-refractivity contribution in [3.63, 3.8) is 0 Å². The Kier molecular flexibility index (Phi) is 12.5. The number of allylic oxidation sites excluding steroid dienone is 2. The lowest BCUT2D eigenvalue weighted by atomic mass is 9.33. The molecule has 9 N–H and O–H groups in total. The number of carbonyl (C=O) groups is 1. The molecule has 16 heteroatoms. The lowest BCUT2D eigenvalue weighted by molar-refractivity contribution is -0.374. The number of fused-ring (bicyclic) bond motifs is 7. The number of aliphatic carboxylic acids is 1. The number of carboxylic acids is 1. The summed E-state index contributed by atoms with van der Waals surface area (Å²) in [5.74, 6) is -0.342. The maximum atomic E-state index is 13.1. The van der Waals surface area contributed by atoms with Crippen LogP contribution in [0.3, 0.4) is 0 Å². The fraction of sp³-hybridized carbons (Fsp3) is 0.935. The Balaban J connectivity index is 1.02. The van der Waals surface area contributed by atoms with Gasteiger partial charge in [-0.25, -0.2) is 0 Å². The first-order valence-electron chi connectivity index (χ1n) is 23.1. The van der Waals surface area contributed by atoms with E-state index in [1.165, 1.54) is 12.5 Å². The van der Waals surface area contributed by atoms with Crippen LogP contribution in [0.2, 0.25) is 0 Å². The van der Waals surface area contributed by atoms with Gasteiger partial charge in [0.05, 0.1) is 37.4 Å². The van der Waals surface area contributed by atoms with E-state index in [9.17, 15) is 50.8 Å². The monoisotopic (exact) mass is 882 g/mol. The summed E-state index contributed by atoms with van der Waals surface area (Å²) in [6.45, 7) is 14.3. The molecule has 0 bridgehead atoms. The van der Waals surface area contributed by atoms with E-state index in [4.69, 9.17) is 28.4 Å². The Bertz CT molecular complexity index is 1690. The molecule has 22 unspecified atom stereocenters. The summed E-state index contributed by atoms with van der Waals surface area (Å²) in [4.78, 5) is 13.1. The van der Waals surface area contributed by atoms with Gasteiger partial charge in [0.2, 0.25) is 0 Å². The quantitative estimate of drug-likeness (QED) is 0.119. The van der Waals surface area contributed by atoms with Gasteiger partial charge in [0.15, 0.2) is 18.9 Å². The van der Waals surface area contributed by atoms with Crippen LogP contribution in [0.5, 0.6) is 0 Å². The third-order valence-corrected chi connectivity index (χ3v) is 18.7. The van der Waals surface area contributed by atoms with Gasteiger partial charge in [0.1, 0.15) is 54.9 Å². The highest BCUT2D eigenvalue weighted by atomic mass is 16.8. The molecule has 3 saturated heterocycles. The van der Waals surface area contributed by atoms with Gasteiger partial charge in [-0.15, -0.1) is 0 Å². The van der Waals surface area contributed by atoms with E-state index in [2.05, 4.69) is 47.6 Å². The SMILES string of the molecule is CC1OC(OC2C(OC3CCC4(C)C(CCC5(C)C4CC=C4C6CC(C)(C)CCC6(C(=O)O)CCC45C)C3(C)CO)OCC(O)C2O)C(O)C(OC2OC(CO)C(O)C2O)C1O. The van der Waals surface area contributed by atoms with Gasteiger partial charge in [-0.05, 0) is 111 Å². The van der Waals surface area contributed by atoms with E-state index < -0.39 is 109 Å². The summed E-state index contributed by atoms with van der Waals surface area (Å²) in [6.07, 6.45) is -8.73. The number of rotatable bonds is 9. The van der Waals surface area contributed by atoms with Crippen molar-refractivity contribution in [2.45, 2.75) is 199 Å². The van der Waals surface area contributed by atoms with Crippen LogP contribution in [0, 0.1) is 50.2 Å². The Hall–Kier alpha value is -1.35. The molecule has 3 aliphatic heterocycles. The van der Waals surface area contributed by atoms with Crippen LogP contribution in [0.1, 0.15) is 113 Å². The van der Waals surface area contributed by atoms with Crippen LogP contribution in [-0.4, -0.2) is 158 Å². The lowest BCUT2D eigenvalue weighted by Gasteiger charge is -2.71. The molecule has 7 fully saturated rings. The van der Waals surface area contributed by atoms with Gasteiger partial charge < -0.3 is 74.4 Å². The molecule has 62 heavy (non-hydrogen) atoms. The molecule has 354 valence electrons. The van der Waals surface area contributed by atoms with Crippen molar-refractivity contribution >= 4 is 5.97 Å². The molecular formula is C46H74O16. The molecule has 0 aromatic rings. The second-order valence-corrected chi connectivity index (χ2v) is 22.4. The Labute approximate surface area is 364 Å². The standard InChI is InChI=1S/C46H74O16/c1-22-30(50)35(61-37-33(53)32(52)26(19-47)59-37)34(54)38(58-22)62-36-31(51)25(49)20-57-39(36)60-29-11-12-42(4)27(43(29,5)21-48)10-13-45(7)28(42)9-8-23-24-18-41(2,3)14-16-46(24,40(55)56)17-15-44(23,45)6/h8,22,24-39,47-54H,9-21H2,1-7H3,(H,55,56). The molecule has 16 nitrogen and oxygen atoms in total. The third-order valence-electron chi connectivity index (χ3n) is 18.7. The zero-order chi connectivity index (χ0) is 45.1. The highest BCUT2D eigenvalue weighted by Crippen LogP contribution is 2.76. The number of aliphatic hydroxyl groups is 8. The van der Waals surface area contributed by atoms with Crippen LogP contribution in [0.25, 0.3) is 0 Å².